The normalized spacial score (nSPS) is 22.6. The fourth-order valence-corrected chi connectivity index (χ4v) is 4.04. The van der Waals surface area contributed by atoms with Crippen molar-refractivity contribution >= 4 is 16.3 Å². The van der Waals surface area contributed by atoms with Crippen molar-refractivity contribution in [3.05, 3.63) is 16.0 Å². The van der Waals surface area contributed by atoms with Crippen LogP contribution in [0.2, 0.25) is 0 Å². The van der Waals surface area contributed by atoms with Gasteiger partial charge in [0.25, 0.3) is 0 Å². The van der Waals surface area contributed by atoms with E-state index in [-0.39, 0.29) is 18.8 Å². The molecule has 0 atom stereocenters. The van der Waals surface area contributed by atoms with Gasteiger partial charge in [0.15, 0.2) is 0 Å². The third kappa shape index (κ3) is 2.33. The summed E-state index contributed by atoms with van der Waals surface area (Å²) in [4.78, 5) is 3.36. The molecule has 102 valence electrons. The maximum Gasteiger partial charge on any atom is 0.248 e. The molecule has 2 heterocycles. The Kier molecular flexibility index (Phi) is 2.99. The maximum atomic E-state index is 12.8. The second-order valence-electron chi connectivity index (χ2n) is 5.47. The van der Waals surface area contributed by atoms with Crippen LogP contribution in [0.3, 0.4) is 0 Å². The number of alkyl halides is 2. The third-order valence-corrected chi connectivity index (χ3v) is 5.08. The number of fused-ring (bicyclic) bond motifs is 1. The topological polar surface area (TPSA) is 53.1 Å². The van der Waals surface area contributed by atoms with Crippen molar-refractivity contribution in [2.45, 2.75) is 31.7 Å². The van der Waals surface area contributed by atoms with E-state index >= 15 is 0 Å². The monoisotopic (exact) mass is 283 g/mol. The van der Waals surface area contributed by atoms with Crippen molar-refractivity contribution in [2.24, 2.45) is 5.92 Å². The molecular formula is C13H15F2N3S. The highest BCUT2D eigenvalue weighted by atomic mass is 32.1. The molecule has 1 aliphatic heterocycles. The van der Waals surface area contributed by atoms with Crippen molar-refractivity contribution in [3.63, 3.8) is 0 Å². The zero-order valence-corrected chi connectivity index (χ0v) is 11.3. The average molecular weight is 283 g/mol. The van der Waals surface area contributed by atoms with Crippen LogP contribution in [0.1, 0.15) is 28.8 Å². The lowest BCUT2D eigenvalue weighted by molar-refractivity contribution is -0.117. The molecule has 3 rings (SSSR count). The van der Waals surface area contributed by atoms with Crippen LogP contribution in [-0.4, -0.2) is 23.9 Å². The first-order valence-electron chi connectivity index (χ1n) is 6.39. The predicted octanol–water partition coefficient (Wildman–Crippen LogP) is 2.61. The maximum absolute atomic E-state index is 12.8. The predicted molar refractivity (Wildman–Crippen MR) is 70.1 cm³/mol. The molecule has 3 nitrogen and oxygen atoms in total. The minimum atomic E-state index is -2.45. The number of rotatable bonds is 2. The van der Waals surface area contributed by atoms with Crippen LogP contribution in [0.4, 0.5) is 13.8 Å². The number of anilines is 1. The second-order valence-corrected chi connectivity index (χ2v) is 6.61. The zero-order chi connectivity index (χ0) is 13.6. The van der Waals surface area contributed by atoms with Gasteiger partial charge in [-0.25, -0.2) is 8.78 Å². The van der Waals surface area contributed by atoms with E-state index in [9.17, 15) is 8.78 Å². The average Bonchev–Trinajstić information content (AvgIpc) is 2.61. The first kappa shape index (κ1) is 12.8. The van der Waals surface area contributed by atoms with Crippen LogP contribution in [-0.2, 0) is 13.0 Å². The molecule has 2 aliphatic rings. The molecule has 19 heavy (non-hydrogen) atoms. The SMILES string of the molecule is N#Cc1c(N)sc2c1CN(CC1CC(F)(F)C1)CC2. The van der Waals surface area contributed by atoms with Crippen LogP contribution >= 0.6 is 11.3 Å². The summed E-state index contributed by atoms with van der Waals surface area (Å²) in [6, 6.07) is 2.16. The summed E-state index contributed by atoms with van der Waals surface area (Å²) in [5.41, 5.74) is 7.43. The van der Waals surface area contributed by atoms with E-state index < -0.39 is 5.92 Å². The Morgan fingerprint density at radius 2 is 2.21 bits per heavy atom. The van der Waals surface area contributed by atoms with Crippen molar-refractivity contribution in [1.82, 2.24) is 4.90 Å². The fraction of sp³-hybridized carbons (Fsp3) is 0.615. The molecule has 1 aromatic heterocycles. The first-order valence-corrected chi connectivity index (χ1v) is 7.20. The summed E-state index contributed by atoms with van der Waals surface area (Å²) < 4.78 is 25.7. The van der Waals surface area contributed by atoms with Gasteiger partial charge in [-0.15, -0.1) is 11.3 Å². The molecule has 1 aromatic rings. The van der Waals surface area contributed by atoms with Gasteiger partial charge in [0.05, 0.1) is 5.56 Å². The van der Waals surface area contributed by atoms with Crippen LogP contribution < -0.4 is 5.73 Å². The highest BCUT2D eigenvalue weighted by Gasteiger charge is 2.45. The molecular weight excluding hydrogens is 268 g/mol. The Bertz CT molecular complexity index is 539. The Morgan fingerprint density at radius 1 is 1.47 bits per heavy atom. The molecule has 0 bridgehead atoms. The van der Waals surface area contributed by atoms with Crippen LogP contribution in [0.25, 0.3) is 0 Å². The Hall–Kier alpha value is -1.19. The molecule has 1 fully saturated rings. The largest absolute Gasteiger partial charge is 0.389 e. The number of halogens is 2. The van der Waals surface area contributed by atoms with Gasteiger partial charge < -0.3 is 5.73 Å². The van der Waals surface area contributed by atoms with E-state index in [1.54, 1.807) is 0 Å². The molecule has 0 unspecified atom stereocenters. The summed E-state index contributed by atoms with van der Waals surface area (Å²) in [5, 5.41) is 9.70. The van der Waals surface area contributed by atoms with Crippen LogP contribution in [0.15, 0.2) is 0 Å². The number of thiophene rings is 1. The van der Waals surface area contributed by atoms with Gasteiger partial charge in [-0.05, 0) is 12.3 Å². The number of nitrogens with two attached hydrogens (primary N) is 1. The Morgan fingerprint density at radius 3 is 2.84 bits per heavy atom. The van der Waals surface area contributed by atoms with Crippen molar-refractivity contribution < 1.29 is 8.78 Å². The fourth-order valence-electron chi connectivity index (χ4n) is 3.02. The van der Waals surface area contributed by atoms with Crippen molar-refractivity contribution in [3.8, 4) is 6.07 Å². The lowest BCUT2D eigenvalue weighted by Gasteiger charge is -2.39. The number of hydrogen-bond acceptors (Lipinski definition) is 4. The minimum absolute atomic E-state index is 0.00718. The van der Waals surface area contributed by atoms with E-state index in [4.69, 9.17) is 11.0 Å². The minimum Gasteiger partial charge on any atom is -0.389 e. The van der Waals surface area contributed by atoms with E-state index in [1.807, 2.05) is 0 Å². The van der Waals surface area contributed by atoms with Gasteiger partial charge in [-0.1, -0.05) is 0 Å². The number of nitrogens with zero attached hydrogens (tertiary/aromatic N) is 2. The van der Waals surface area contributed by atoms with Gasteiger partial charge >= 0.3 is 0 Å². The molecule has 0 aromatic carbocycles. The summed E-state index contributed by atoms with van der Waals surface area (Å²) >= 11 is 1.49. The lowest BCUT2D eigenvalue weighted by atomic mass is 9.81. The number of nitrogen functional groups attached to an aromatic ring is 1. The summed E-state index contributed by atoms with van der Waals surface area (Å²) in [6.07, 6.45) is 0.884. The van der Waals surface area contributed by atoms with Crippen LogP contribution in [0.5, 0.6) is 0 Å². The molecule has 0 radical (unpaired) electrons. The standard InChI is InChI=1S/C13H15F2N3S/c14-13(15)3-8(4-13)6-18-2-1-11-10(7-18)9(5-16)12(17)19-11/h8H,1-4,6-7,17H2. The zero-order valence-electron chi connectivity index (χ0n) is 10.5. The second kappa shape index (κ2) is 4.43. The Labute approximate surface area is 114 Å². The summed E-state index contributed by atoms with van der Waals surface area (Å²) in [6.45, 7) is 2.25. The summed E-state index contributed by atoms with van der Waals surface area (Å²) in [7, 11) is 0. The van der Waals surface area contributed by atoms with Gasteiger partial charge in [-0.3, -0.25) is 4.90 Å². The number of nitriles is 1. The van der Waals surface area contributed by atoms with Gasteiger partial charge in [-0.2, -0.15) is 5.26 Å². The van der Waals surface area contributed by atoms with Crippen LogP contribution in [0, 0.1) is 17.2 Å². The molecule has 0 saturated heterocycles. The van der Waals surface area contributed by atoms with E-state index in [2.05, 4.69) is 11.0 Å². The highest BCUT2D eigenvalue weighted by molar-refractivity contribution is 7.16. The quantitative estimate of drug-likeness (QED) is 0.907. The molecule has 0 amide bonds. The number of hydrogen-bond donors (Lipinski definition) is 1. The molecule has 1 aliphatic carbocycles. The van der Waals surface area contributed by atoms with E-state index in [0.29, 0.717) is 23.7 Å². The van der Waals surface area contributed by atoms with Gasteiger partial charge in [0, 0.05) is 42.9 Å². The molecule has 2 N–H and O–H groups in total. The third-order valence-electron chi connectivity index (χ3n) is 3.96. The van der Waals surface area contributed by atoms with Crippen molar-refractivity contribution in [1.29, 1.82) is 5.26 Å². The molecule has 6 heteroatoms. The smallest absolute Gasteiger partial charge is 0.248 e. The Balaban J connectivity index is 1.67. The molecule has 1 saturated carbocycles. The van der Waals surface area contributed by atoms with Crippen molar-refractivity contribution in [2.75, 3.05) is 18.8 Å². The highest BCUT2D eigenvalue weighted by Crippen LogP contribution is 2.43. The van der Waals surface area contributed by atoms with Gasteiger partial charge in [0.1, 0.15) is 11.1 Å². The first-order chi connectivity index (χ1) is 8.98. The van der Waals surface area contributed by atoms with Gasteiger partial charge in [0.2, 0.25) is 5.92 Å². The van der Waals surface area contributed by atoms with E-state index in [0.717, 1.165) is 18.5 Å². The lowest BCUT2D eigenvalue weighted by Crippen LogP contribution is -2.43. The van der Waals surface area contributed by atoms with E-state index in [1.165, 1.54) is 16.2 Å². The summed E-state index contributed by atoms with van der Waals surface area (Å²) in [5.74, 6) is -2.35. The molecule has 0 spiro atoms.